The third-order valence-electron chi connectivity index (χ3n) is 3.73. The number of amides is 1. The number of sulfonamides is 1. The molecule has 2 N–H and O–H groups in total. The lowest BCUT2D eigenvalue weighted by atomic mass is 10.1. The maximum atomic E-state index is 13.0. The minimum atomic E-state index is -4.67. The smallest absolute Gasteiger partial charge is 0.418 e. The molecule has 11 heteroatoms. The second kappa shape index (κ2) is 9.02. The van der Waals surface area contributed by atoms with Crippen molar-refractivity contribution in [2.75, 3.05) is 11.9 Å². The topological polar surface area (TPSA) is 84.5 Å². The van der Waals surface area contributed by atoms with E-state index < -0.39 is 39.4 Å². The number of carbonyl (C=O) groups excluding carboxylic acids is 1. The Balaban J connectivity index is 2.16. The van der Waals surface area contributed by atoms with Crippen molar-refractivity contribution < 1.29 is 31.1 Å². The normalized spacial score (nSPS) is 13.0. The van der Waals surface area contributed by atoms with Crippen LogP contribution in [-0.4, -0.2) is 27.0 Å². The van der Waals surface area contributed by atoms with Crippen LogP contribution in [0.2, 0.25) is 5.02 Å². The molecule has 6 nitrogen and oxygen atoms in total. The Hall–Kier alpha value is -2.30. The molecule has 0 aliphatic rings. The second-order valence-electron chi connectivity index (χ2n) is 5.90. The predicted octanol–water partition coefficient (Wildman–Crippen LogP) is 4.06. The van der Waals surface area contributed by atoms with E-state index in [2.05, 4.69) is 10.0 Å². The number of anilines is 1. The molecule has 0 heterocycles. The van der Waals surface area contributed by atoms with Crippen LogP contribution in [0.1, 0.15) is 19.4 Å². The number of ether oxygens (including phenoxy) is 1. The van der Waals surface area contributed by atoms with Crippen LogP contribution in [0.3, 0.4) is 0 Å². The summed E-state index contributed by atoms with van der Waals surface area (Å²) < 4.78 is 71.4. The Bertz CT molecular complexity index is 997. The molecule has 2 rings (SSSR count). The van der Waals surface area contributed by atoms with Crippen LogP contribution in [0.15, 0.2) is 47.4 Å². The third-order valence-corrected chi connectivity index (χ3v) is 5.56. The van der Waals surface area contributed by atoms with Crippen molar-refractivity contribution in [3.05, 3.63) is 53.1 Å². The molecule has 0 bridgehead atoms. The molecule has 2 aromatic rings. The van der Waals surface area contributed by atoms with Crippen LogP contribution < -0.4 is 14.8 Å². The van der Waals surface area contributed by atoms with E-state index in [0.29, 0.717) is 12.4 Å². The third kappa shape index (κ3) is 5.84. The number of hydrogen-bond acceptors (Lipinski definition) is 4. The predicted molar refractivity (Wildman–Crippen MR) is 102 cm³/mol. The van der Waals surface area contributed by atoms with Crippen LogP contribution in [-0.2, 0) is 21.0 Å². The largest absolute Gasteiger partial charge is 0.492 e. The summed E-state index contributed by atoms with van der Waals surface area (Å²) in [6, 6.07) is 6.79. The van der Waals surface area contributed by atoms with Gasteiger partial charge in [-0.3, -0.25) is 4.79 Å². The van der Waals surface area contributed by atoms with E-state index in [1.54, 1.807) is 6.92 Å². The summed E-state index contributed by atoms with van der Waals surface area (Å²) in [5.41, 5.74) is -1.51. The Morgan fingerprint density at radius 1 is 1.21 bits per heavy atom. The lowest BCUT2D eigenvalue weighted by molar-refractivity contribution is -0.137. The zero-order valence-corrected chi connectivity index (χ0v) is 17.0. The lowest BCUT2D eigenvalue weighted by Gasteiger charge is -2.17. The van der Waals surface area contributed by atoms with Crippen LogP contribution >= 0.6 is 11.6 Å². The van der Waals surface area contributed by atoms with Crippen LogP contribution in [0.25, 0.3) is 0 Å². The van der Waals surface area contributed by atoms with Gasteiger partial charge in [0.1, 0.15) is 5.75 Å². The maximum Gasteiger partial charge on any atom is 0.418 e. The van der Waals surface area contributed by atoms with Crippen LogP contribution in [0.5, 0.6) is 5.75 Å². The second-order valence-corrected chi connectivity index (χ2v) is 8.02. The highest BCUT2D eigenvalue weighted by atomic mass is 35.5. The van der Waals surface area contributed by atoms with E-state index in [4.69, 9.17) is 16.3 Å². The number of benzene rings is 2. The molecule has 29 heavy (non-hydrogen) atoms. The number of alkyl halides is 3. The summed E-state index contributed by atoms with van der Waals surface area (Å²) in [5.74, 6) is -0.662. The molecular formula is C18H18ClF3N2O4S. The Labute approximate surface area is 171 Å². The van der Waals surface area contributed by atoms with Crippen molar-refractivity contribution >= 4 is 33.2 Å². The fourth-order valence-electron chi connectivity index (χ4n) is 2.36. The number of halogens is 4. The Kier molecular flexibility index (Phi) is 7.15. The molecule has 0 saturated carbocycles. The van der Waals surface area contributed by atoms with E-state index in [9.17, 15) is 26.4 Å². The molecule has 158 valence electrons. The van der Waals surface area contributed by atoms with Crippen molar-refractivity contribution in [1.29, 1.82) is 0 Å². The molecule has 0 aromatic heterocycles. The van der Waals surface area contributed by atoms with Crippen molar-refractivity contribution in [1.82, 2.24) is 4.72 Å². The first kappa shape index (κ1) is 23.0. The SMILES string of the molecule is CCOc1ccc(S(=O)(=O)N[C@@H](C)C(=O)Nc2ccccc2C(F)(F)F)cc1Cl. The van der Waals surface area contributed by atoms with Gasteiger partial charge in [-0.15, -0.1) is 0 Å². The van der Waals surface area contributed by atoms with Gasteiger partial charge in [0.05, 0.1) is 33.8 Å². The highest BCUT2D eigenvalue weighted by Gasteiger charge is 2.34. The van der Waals surface area contributed by atoms with Crippen molar-refractivity contribution in [2.45, 2.75) is 31.0 Å². The van der Waals surface area contributed by atoms with E-state index >= 15 is 0 Å². The van der Waals surface area contributed by atoms with Gasteiger partial charge < -0.3 is 10.1 Å². The average molecular weight is 451 g/mol. The molecule has 0 spiro atoms. The minimum Gasteiger partial charge on any atom is -0.492 e. The van der Waals surface area contributed by atoms with E-state index in [1.165, 1.54) is 31.2 Å². The van der Waals surface area contributed by atoms with Crippen molar-refractivity contribution in [2.24, 2.45) is 0 Å². The standard InChI is InChI=1S/C18H18ClF3N2O4S/c1-3-28-16-9-8-12(10-14(16)19)29(26,27)24-11(2)17(25)23-15-7-5-4-6-13(15)18(20,21)22/h4-11,24H,3H2,1-2H3,(H,23,25)/t11-/m0/s1. The summed E-state index contributed by atoms with van der Waals surface area (Å²) in [4.78, 5) is 12.0. The Morgan fingerprint density at radius 3 is 2.45 bits per heavy atom. The van der Waals surface area contributed by atoms with Gasteiger partial charge in [-0.25, -0.2) is 8.42 Å². The van der Waals surface area contributed by atoms with Gasteiger partial charge >= 0.3 is 6.18 Å². The maximum absolute atomic E-state index is 13.0. The first-order valence-electron chi connectivity index (χ1n) is 8.37. The van der Waals surface area contributed by atoms with Gasteiger partial charge in [0, 0.05) is 0 Å². The lowest BCUT2D eigenvalue weighted by Crippen LogP contribution is -2.41. The van der Waals surface area contributed by atoms with Gasteiger partial charge in [-0.2, -0.15) is 17.9 Å². The highest BCUT2D eigenvalue weighted by Crippen LogP contribution is 2.34. The molecule has 2 aromatic carbocycles. The molecule has 0 unspecified atom stereocenters. The van der Waals surface area contributed by atoms with E-state index in [-0.39, 0.29) is 9.92 Å². The summed E-state index contributed by atoms with van der Waals surface area (Å²) in [6.45, 7) is 3.28. The molecule has 0 aliphatic heterocycles. The van der Waals surface area contributed by atoms with Crippen LogP contribution in [0.4, 0.5) is 18.9 Å². The van der Waals surface area contributed by atoms with Crippen molar-refractivity contribution in [3.63, 3.8) is 0 Å². The van der Waals surface area contributed by atoms with E-state index in [1.807, 2.05) is 0 Å². The van der Waals surface area contributed by atoms with Gasteiger partial charge in [0.2, 0.25) is 15.9 Å². The molecule has 0 fully saturated rings. The van der Waals surface area contributed by atoms with E-state index in [0.717, 1.165) is 18.2 Å². The minimum absolute atomic E-state index is 0.0611. The average Bonchev–Trinajstić information content (AvgIpc) is 2.62. The van der Waals surface area contributed by atoms with Crippen molar-refractivity contribution in [3.8, 4) is 5.75 Å². The number of nitrogens with one attached hydrogen (secondary N) is 2. The molecule has 0 aliphatic carbocycles. The van der Waals surface area contributed by atoms with Gasteiger partial charge in [0.15, 0.2) is 0 Å². The van der Waals surface area contributed by atoms with Gasteiger partial charge in [0.25, 0.3) is 0 Å². The summed E-state index contributed by atoms with van der Waals surface area (Å²) in [7, 11) is -4.16. The number of para-hydroxylation sites is 1. The molecule has 1 amide bonds. The Morgan fingerprint density at radius 2 is 1.86 bits per heavy atom. The number of rotatable bonds is 7. The quantitative estimate of drug-likeness (QED) is 0.666. The molecule has 0 radical (unpaired) electrons. The fourth-order valence-corrected chi connectivity index (χ4v) is 3.88. The summed E-state index contributed by atoms with van der Waals surface area (Å²) >= 11 is 5.98. The molecular weight excluding hydrogens is 433 g/mol. The molecule has 0 saturated heterocycles. The van der Waals surface area contributed by atoms with Crippen LogP contribution in [0, 0.1) is 0 Å². The zero-order chi connectivity index (χ0) is 21.8. The molecule has 1 atom stereocenters. The van der Waals surface area contributed by atoms with Gasteiger partial charge in [-0.05, 0) is 44.2 Å². The monoisotopic (exact) mass is 450 g/mol. The fraction of sp³-hybridized carbons (Fsp3) is 0.278. The number of hydrogen-bond donors (Lipinski definition) is 2. The summed E-state index contributed by atoms with van der Waals surface area (Å²) in [5, 5.41) is 2.16. The highest BCUT2D eigenvalue weighted by molar-refractivity contribution is 7.89. The first-order valence-corrected chi connectivity index (χ1v) is 10.2. The summed E-state index contributed by atoms with van der Waals surface area (Å²) in [6.07, 6.45) is -4.67. The van der Waals surface area contributed by atoms with Gasteiger partial charge in [-0.1, -0.05) is 23.7 Å². The zero-order valence-electron chi connectivity index (χ0n) is 15.4. The first-order chi connectivity index (χ1) is 13.5. The number of carbonyl (C=O) groups is 1.